The van der Waals surface area contributed by atoms with Gasteiger partial charge in [-0.25, -0.2) is 9.59 Å². The van der Waals surface area contributed by atoms with Crippen molar-refractivity contribution < 1.29 is 33.6 Å². The Bertz CT molecular complexity index is 1610. The molecule has 1 fully saturated rings. The molecule has 0 bridgehead atoms. The van der Waals surface area contributed by atoms with Crippen LogP contribution in [0, 0.1) is 11.1 Å². The van der Waals surface area contributed by atoms with E-state index in [-0.39, 0.29) is 31.2 Å². The molecular formula is C35H37N3O7S. The molecule has 240 valence electrons. The highest BCUT2D eigenvalue weighted by atomic mass is 32.2. The number of carbonyl (C=O) groups is 2. The SMILES string of the molecule is COC(=O)[C@H](Cc1ccccc1)NC(=O)Nc1cccc([C@@H]2O[C@H](CSc3cccc[n+]3[O-])[C@H](C)[C@H](c3ccc(CO)cc3)O2)c1. The van der Waals surface area contributed by atoms with E-state index < -0.39 is 24.3 Å². The van der Waals surface area contributed by atoms with Gasteiger partial charge in [0.25, 0.3) is 5.03 Å². The summed E-state index contributed by atoms with van der Waals surface area (Å²) < 4.78 is 18.8. The quantitative estimate of drug-likeness (QED) is 0.0868. The zero-order chi connectivity index (χ0) is 32.5. The Morgan fingerprint density at radius 1 is 0.957 bits per heavy atom. The summed E-state index contributed by atoms with van der Waals surface area (Å²) in [6.45, 7) is 2.00. The fourth-order valence-electron chi connectivity index (χ4n) is 5.28. The molecule has 0 radical (unpaired) electrons. The molecular weight excluding hydrogens is 606 g/mol. The Kier molecular flexibility index (Phi) is 11.3. The van der Waals surface area contributed by atoms with Crippen molar-refractivity contribution in [2.45, 2.75) is 49.5 Å². The minimum absolute atomic E-state index is 0.0569. The molecule has 0 saturated carbocycles. The van der Waals surface area contributed by atoms with Crippen molar-refractivity contribution in [3.05, 3.63) is 131 Å². The number of carbonyl (C=O) groups excluding carboxylic acids is 2. The van der Waals surface area contributed by atoms with Crippen molar-refractivity contribution >= 4 is 29.4 Å². The average molecular weight is 644 g/mol. The molecule has 5 atom stereocenters. The van der Waals surface area contributed by atoms with Crippen molar-refractivity contribution in [2.75, 3.05) is 18.2 Å². The van der Waals surface area contributed by atoms with E-state index in [0.717, 1.165) is 21.4 Å². The van der Waals surface area contributed by atoms with Gasteiger partial charge in [-0.05, 0) is 34.9 Å². The van der Waals surface area contributed by atoms with E-state index in [4.69, 9.17) is 14.2 Å². The zero-order valence-corrected chi connectivity index (χ0v) is 26.4. The maximum atomic E-state index is 13.0. The van der Waals surface area contributed by atoms with Gasteiger partial charge in [-0.3, -0.25) is 0 Å². The van der Waals surface area contributed by atoms with Crippen molar-refractivity contribution in [2.24, 2.45) is 5.92 Å². The van der Waals surface area contributed by atoms with Crippen LogP contribution in [0.4, 0.5) is 10.5 Å². The predicted molar refractivity (Wildman–Crippen MR) is 174 cm³/mol. The van der Waals surface area contributed by atoms with Crippen LogP contribution in [0.15, 0.2) is 108 Å². The summed E-state index contributed by atoms with van der Waals surface area (Å²) in [6.07, 6.45) is 0.341. The highest BCUT2D eigenvalue weighted by molar-refractivity contribution is 7.99. The highest BCUT2D eigenvalue weighted by Gasteiger charge is 2.39. The molecule has 3 aromatic carbocycles. The summed E-state index contributed by atoms with van der Waals surface area (Å²) >= 11 is 1.41. The molecule has 5 rings (SSSR count). The number of rotatable bonds is 11. The minimum atomic E-state index is -0.879. The predicted octanol–water partition coefficient (Wildman–Crippen LogP) is 5.30. The number of thioether (sulfide) groups is 1. The number of pyridine rings is 1. The number of methoxy groups -OCH3 is 1. The number of esters is 1. The van der Waals surface area contributed by atoms with Crippen LogP contribution in [-0.4, -0.2) is 42.1 Å². The number of aromatic nitrogens is 1. The lowest BCUT2D eigenvalue weighted by Gasteiger charge is -2.41. The third-order valence-corrected chi connectivity index (χ3v) is 8.90. The van der Waals surface area contributed by atoms with Gasteiger partial charge in [0.15, 0.2) is 12.5 Å². The number of nitrogens with one attached hydrogen (secondary N) is 2. The summed E-state index contributed by atoms with van der Waals surface area (Å²) in [7, 11) is 1.28. The van der Waals surface area contributed by atoms with E-state index in [0.29, 0.717) is 22.0 Å². The fourth-order valence-corrected chi connectivity index (χ4v) is 6.36. The molecule has 0 spiro atoms. The lowest BCUT2D eigenvalue weighted by Crippen LogP contribution is -2.45. The van der Waals surface area contributed by atoms with Gasteiger partial charge in [-0.1, -0.05) is 85.4 Å². The topological polar surface area (TPSA) is 133 Å². The molecule has 2 heterocycles. The molecule has 1 saturated heterocycles. The van der Waals surface area contributed by atoms with Gasteiger partial charge in [0.1, 0.15) is 6.04 Å². The van der Waals surface area contributed by atoms with Crippen molar-refractivity contribution in [1.29, 1.82) is 0 Å². The molecule has 0 aliphatic carbocycles. The van der Waals surface area contributed by atoms with Crippen LogP contribution in [0.1, 0.15) is 41.6 Å². The summed E-state index contributed by atoms with van der Waals surface area (Å²) in [4.78, 5) is 25.4. The summed E-state index contributed by atoms with van der Waals surface area (Å²) in [5.74, 6) is -0.111. The summed E-state index contributed by atoms with van der Waals surface area (Å²) in [5.41, 5.74) is 3.78. The monoisotopic (exact) mass is 643 g/mol. The zero-order valence-electron chi connectivity index (χ0n) is 25.6. The molecule has 4 aromatic rings. The molecule has 1 aliphatic heterocycles. The Morgan fingerprint density at radius 3 is 2.43 bits per heavy atom. The van der Waals surface area contributed by atoms with Gasteiger partial charge >= 0.3 is 12.0 Å². The summed E-state index contributed by atoms with van der Waals surface area (Å²) in [6, 6.07) is 28.0. The second kappa shape index (κ2) is 15.7. The van der Waals surface area contributed by atoms with Crippen LogP contribution >= 0.6 is 11.8 Å². The van der Waals surface area contributed by atoms with Crippen molar-refractivity contribution in [3.8, 4) is 0 Å². The van der Waals surface area contributed by atoms with Gasteiger partial charge in [0.05, 0.1) is 25.9 Å². The highest BCUT2D eigenvalue weighted by Crippen LogP contribution is 2.43. The first-order chi connectivity index (χ1) is 22.3. The fraction of sp³-hybridized carbons (Fsp3) is 0.286. The Balaban J connectivity index is 1.33. The van der Waals surface area contributed by atoms with Gasteiger partial charge in [0.2, 0.25) is 0 Å². The lowest BCUT2D eigenvalue weighted by atomic mass is 9.91. The molecule has 0 unspecified atom stereocenters. The normalized spacial score (nSPS) is 20.0. The van der Waals surface area contributed by atoms with Gasteiger partial charge in [0, 0.05) is 41.5 Å². The number of hydrogen-bond acceptors (Lipinski definition) is 8. The number of ether oxygens (including phenoxy) is 3. The third kappa shape index (κ3) is 8.43. The number of aliphatic hydroxyl groups excluding tert-OH is 1. The largest absolute Gasteiger partial charge is 0.618 e. The third-order valence-electron chi connectivity index (χ3n) is 7.80. The van der Waals surface area contributed by atoms with Crippen LogP contribution in [0.3, 0.4) is 0 Å². The Morgan fingerprint density at radius 2 is 1.72 bits per heavy atom. The maximum absolute atomic E-state index is 13.0. The van der Waals surface area contributed by atoms with E-state index in [1.165, 1.54) is 25.1 Å². The first-order valence-corrected chi connectivity index (χ1v) is 15.9. The lowest BCUT2D eigenvalue weighted by molar-refractivity contribution is -0.645. The number of urea groups is 1. The number of amides is 2. The van der Waals surface area contributed by atoms with E-state index >= 15 is 0 Å². The summed E-state index contributed by atoms with van der Waals surface area (Å²) in [5, 5.41) is 27.9. The van der Waals surface area contributed by atoms with Gasteiger partial charge in [-0.2, -0.15) is 4.73 Å². The molecule has 11 heteroatoms. The van der Waals surface area contributed by atoms with E-state index in [2.05, 4.69) is 17.6 Å². The Hall–Kier alpha value is -4.42. The van der Waals surface area contributed by atoms with E-state index in [1.807, 2.05) is 66.7 Å². The maximum Gasteiger partial charge on any atom is 0.328 e. The first kappa shape index (κ1) is 33.0. The standard InChI is InChI=1S/C35H37N3O7S/c1-23-30(22-46-31-13-6-7-18-38(31)42)44-34(45-32(23)26-16-14-25(21-39)15-17-26)27-11-8-12-28(20-27)36-35(41)37-29(33(40)43-2)19-24-9-4-3-5-10-24/h3-18,20,23,29-30,32,34,39H,19,21-22H2,1-2H3,(H2,36,37,41)/t23-,29-,30+,32+,34+/m0/s1. The molecule has 1 aliphatic rings. The molecule has 10 nitrogen and oxygen atoms in total. The number of aliphatic hydroxyl groups is 1. The van der Waals surface area contributed by atoms with Crippen molar-refractivity contribution in [1.82, 2.24) is 5.32 Å². The van der Waals surface area contributed by atoms with Crippen LogP contribution in [0.2, 0.25) is 0 Å². The first-order valence-electron chi connectivity index (χ1n) is 15.0. The molecule has 1 aromatic heterocycles. The van der Waals surface area contributed by atoms with Crippen LogP contribution in [0.5, 0.6) is 0 Å². The van der Waals surface area contributed by atoms with Gasteiger partial charge in [-0.15, -0.1) is 0 Å². The number of anilines is 1. The number of hydrogen-bond donors (Lipinski definition) is 3. The second-order valence-corrected chi connectivity index (χ2v) is 12.0. The van der Waals surface area contributed by atoms with Crippen LogP contribution in [0.25, 0.3) is 0 Å². The smallest absolute Gasteiger partial charge is 0.328 e. The van der Waals surface area contributed by atoms with Gasteiger partial charge < -0.3 is 35.2 Å². The number of nitrogens with zero attached hydrogens (tertiary/aromatic N) is 1. The Labute approximate surface area is 272 Å². The molecule has 2 amide bonds. The van der Waals surface area contributed by atoms with Crippen molar-refractivity contribution in [3.63, 3.8) is 0 Å². The van der Waals surface area contributed by atoms with E-state index in [1.54, 1.807) is 30.3 Å². The van der Waals surface area contributed by atoms with Crippen LogP contribution in [-0.2, 0) is 32.0 Å². The second-order valence-electron chi connectivity index (χ2n) is 11.0. The van der Waals surface area contributed by atoms with Crippen LogP contribution < -0.4 is 15.4 Å². The average Bonchev–Trinajstić information content (AvgIpc) is 3.08. The molecule has 46 heavy (non-hydrogen) atoms. The van der Waals surface area contributed by atoms with E-state index in [9.17, 15) is 19.9 Å². The number of benzene rings is 3. The molecule has 3 N–H and O–H groups in total. The minimum Gasteiger partial charge on any atom is -0.618 e.